The smallest absolute Gasteiger partial charge is 0.312 e. The molecule has 50 heavy (non-hydrogen) atoms. The lowest BCUT2D eigenvalue weighted by molar-refractivity contribution is -0.160. The first-order valence-corrected chi connectivity index (χ1v) is 16.4. The van der Waals surface area contributed by atoms with Gasteiger partial charge in [0, 0.05) is 61.8 Å². The molecule has 5 rings (SSSR count). The highest BCUT2D eigenvalue weighted by atomic mass is 16.7. The number of allylic oxidation sites excluding steroid dienone is 4. The topological polar surface area (TPSA) is 195 Å². The monoisotopic (exact) mass is 695 g/mol. The first-order valence-electron chi connectivity index (χ1n) is 16.4. The number of phenols is 1. The number of carbonyl (C=O) groups excluding carboxylic acids is 5. The van der Waals surface area contributed by atoms with E-state index in [1.54, 1.807) is 39.8 Å². The van der Waals surface area contributed by atoms with Crippen LogP contribution in [0.3, 0.4) is 0 Å². The second kappa shape index (κ2) is 14.7. The first kappa shape index (κ1) is 38.2. The molecule has 5 bridgehead atoms. The van der Waals surface area contributed by atoms with E-state index in [-0.39, 0.29) is 28.0 Å². The maximum Gasteiger partial charge on any atom is 0.312 e. The number of ether oxygens (including phenoxy) is 4. The lowest BCUT2D eigenvalue weighted by atomic mass is 9.78. The number of fused-ring (bicyclic) bond motifs is 14. The molecule has 3 aliphatic heterocycles. The number of rotatable bonds is 2. The Balaban J connectivity index is 1.83. The first-order chi connectivity index (χ1) is 23.4. The highest BCUT2D eigenvalue weighted by molar-refractivity contribution is 6.30. The molecular weight excluding hydrogens is 650 g/mol. The van der Waals surface area contributed by atoms with Gasteiger partial charge in [-0.25, -0.2) is 0 Å². The van der Waals surface area contributed by atoms with Crippen LogP contribution in [0.5, 0.6) is 11.5 Å². The van der Waals surface area contributed by atoms with Crippen molar-refractivity contribution in [2.24, 2.45) is 23.7 Å². The molecule has 0 saturated heterocycles. The fourth-order valence-corrected chi connectivity index (χ4v) is 6.62. The predicted molar refractivity (Wildman–Crippen MR) is 179 cm³/mol. The lowest BCUT2D eigenvalue weighted by Gasteiger charge is -2.38. The number of ketones is 3. The van der Waals surface area contributed by atoms with E-state index in [2.05, 4.69) is 5.32 Å². The van der Waals surface area contributed by atoms with E-state index >= 15 is 0 Å². The van der Waals surface area contributed by atoms with Crippen LogP contribution in [0.4, 0.5) is 0 Å². The number of aromatic hydroxyl groups is 1. The number of aliphatic hydroxyl groups excluding tert-OH is 2. The number of benzene rings is 1. The maximum atomic E-state index is 13.9. The van der Waals surface area contributed by atoms with Crippen LogP contribution in [-0.4, -0.2) is 81.9 Å². The normalized spacial score (nSPS) is 34.5. The number of Topliss-reactive ketones (excluding diaryl/α,β-unsaturated/α-hetero) is 2. The van der Waals surface area contributed by atoms with Gasteiger partial charge in [0.25, 0.3) is 11.7 Å². The minimum atomic E-state index is -2.03. The molecule has 3 heterocycles. The Hall–Kier alpha value is -4.59. The number of amides is 1. The number of aliphatic hydroxyl groups is 2. The lowest BCUT2D eigenvalue weighted by Crippen LogP contribution is -2.46. The summed E-state index contributed by atoms with van der Waals surface area (Å²) in [5.74, 6) is -8.99. The minimum absolute atomic E-state index is 0.00885. The molecule has 270 valence electrons. The Morgan fingerprint density at radius 2 is 1.60 bits per heavy atom. The van der Waals surface area contributed by atoms with Gasteiger partial charge < -0.3 is 39.6 Å². The van der Waals surface area contributed by atoms with Crippen molar-refractivity contribution < 1.29 is 58.2 Å². The molecule has 1 aromatic carbocycles. The van der Waals surface area contributed by atoms with Crippen molar-refractivity contribution in [3.05, 3.63) is 70.2 Å². The second-order valence-electron chi connectivity index (χ2n) is 13.4. The molecule has 0 aromatic heterocycles. The number of methoxy groups -OCH3 is 1. The SMILES string of the molecule is CO[C@H]1/C=C/O[C@@]2(C)Oc3c(C)c(O)c4c(c3C2=O)C(=O)C=C(NC(=O)/C(C)=C\C=C\[C@H](C)[C@H](O)[C@@H](C)[C@@H](O)[C@H](C)[C@H](OC(C)=O)[C@H]1C)C4=O. The van der Waals surface area contributed by atoms with Crippen LogP contribution in [0.1, 0.15) is 85.1 Å². The molecule has 0 spiro atoms. The van der Waals surface area contributed by atoms with Crippen LogP contribution in [0, 0.1) is 30.6 Å². The Morgan fingerprint density at radius 3 is 2.22 bits per heavy atom. The molecule has 0 fully saturated rings. The minimum Gasteiger partial charge on any atom is -0.507 e. The van der Waals surface area contributed by atoms with Crippen molar-refractivity contribution in [1.29, 1.82) is 0 Å². The van der Waals surface area contributed by atoms with E-state index in [4.69, 9.17) is 18.9 Å². The highest BCUT2D eigenvalue weighted by Gasteiger charge is 2.51. The van der Waals surface area contributed by atoms with Gasteiger partial charge in [0.15, 0.2) is 5.78 Å². The summed E-state index contributed by atoms with van der Waals surface area (Å²) in [5, 5.41) is 36.1. The third-order valence-corrected chi connectivity index (χ3v) is 9.80. The summed E-state index contributed by atoms with van der Waals surface area (Å²) in [6.45, 7) is 12.3. The van der Waals surface area contributed by atoms with E-state index in [1.165, 1.54) is 47.0 Å². The van der Waals surface area contributed by atoms with Crippen molar-refractivity contribution in [3.8, 4) is 11.5 Å². The van der Waals surface area contributed by atoms with E-state index < -0.39 is 100 Å². The quantitative estimate of drug-likeness (QED) is 0.329. The second-order valence-corrected chi connectivity index (χ2v) is 13.4. The van der Waals surface area contributed by atoms with Gasteiger partial charge in [0.2, 0.25) is 5.78 Å². The van der Waals surface area contributed by atoms with Gasteiger partial charge in [-0.3, -0.25) is 24.0 Å². The van der Waals surface area contributed by atoms with Crippen LogP contribution in [0.15, 0.2) is 47.9 Å². The summed E-state index contributed by atoms with van der Waals surface area (Å²) >= 11 is 0. The van der Waals surface area contributed by atoms with Crippen molar-refractivity contribution in [3.63, 3.8) is 0 Å². The van der Waals surface area contributed by atoms with E-state index in [9.17, 15) is 39.3 Å². The van der Waals surface area contributed by atoms with Crippen LogP contribution >= 0.6 is 0 Å². The van der Waals surface area contributed by atoms with Crippen LogP contribution < -0.4 is 10.1 Å². The van der Waals surface area contributed by atoms with Gasteiger partial charge in [-0.05, 0) is 19.9 Å². The zero-order chi connectivity index (χ0) is 37.4. The van der Waals surface area contributed by atoms with Gasteiger partial charge >= 0.3 is 11.8 Å². The number of nitrogens with one attached hydrogen (secondary N) is 1. The number of carbonyl (C=O) groups is 5. The third kappa shape index (κ3) is 7.03. The summed E-state index contributed by atoms with van der Waals surface area (Å²) in [4.78, 5) is 66.2. The zero-order valence-electron chi connectivity index (χ0n) is 29.6. The van der Waals surface area contributed by atoms with Crippen LogP contribution in [0.25, 0.3) is 0 Å². The van der Waals surface area contributed by atoms with Crippen molar-refractivity contribution in [1.82, 2.24) is 5.32 Å². The average molecular weight is 696 g/mol. The largest absolute Gasteiger partial charge is 0.507 e. The van der Waals surface area contributed by atoms with E-state index in [1.807, 2.05) is 0 Å². The Bertz CT molecular complexity index is 1720. The van der Waals surface area contributed by atoms with E-state index in [0.717, 1.165) is 12.3 Å². The number of hydrogen-bond acceptors (Lipinski definition) is 12. The van der Waals surface area contributed by atoms with Crippen molar-refractivity contribution in [2.45, 2.75) is 85.6 Å². The number of hydrogen-bond donors (Lipinski definition) is 4. The molecule has 1 aliphatic carbocycles. The number of phenolic OH excluding ortho intramolecular Hbond substituents is 1. The zero-order valence-corrected chi connectivity index (χ0v) is 29.6. The van der Waals surface area contributed by atoms with Crippen molar-refractivity contribution in [2.75, 3.05) is 7.11 Å². The Morgan fingerprint density at radius 1 is 0.940 bits per heavy atom. The molecule has 9 atom stereocenters. The molecule has 0 unspecified atom stereocenters. The summed E-state index contributed by atoms with van der Waals surface area (Å²) in [6, 6.07) is 0. The van der Waals surface area contributed by atoms with Gasteiger partial charge in [0.05, 0.1) is 47.0 Å². The average Bonchev–Trinajstić information content (AvgIpc) is 3.33. The maximum absolute atomic E-state index is 13.9. The Kier molecular flexibility index (Phi) is 11.2. The van der Waals surface area contributed by atoms with E-state index in [0.29, 0.717) is 0 Å². The predicted octanol–water partition coefficient (Wildman–Crippen LogP) is 3.63. The summed E-state index contributed by atoms with van der Waals surface area (Å²) in [7, 11) is 1.42. The van der Waals surface area contributed by atoms with Gasteiger partial charge in [-0.1, -0.05) is 45.9 Å². The molecule has 0 saturated carbocycles. The molecule has 1 amide bonds. The molecule has 4 N–H and O–H groups in total. The standard InChI is InChI=1S/C37H45NO12/c1-16-11-10-12-17(2)36(46)38-23-15-24(40)26-27(32(23)44)31(43)21(6)34-28(26)35(45)37(8,50-34)48-14-13-25(47-9)18(3)33(49-22(7)39)20(5)30(42)19(4)29(16)41/h10-16,18-20,25,29-30,33,41-43H,1-9H3,(H,38,46)/b11-10+,14-13+,17-12-/t16-,18-,19+,20-,25-,29-,30+,33+,37-/m0/s1. The van der Waals surface area contributed by atoms with Crippen LogP contribution in [0.2, 0.25) is 0 Å². The fourth-order valence-electron chi connectivity index (χ4n) is 6.62. The van der Waals surface area contributed by atoms with Gasteiger partial charge in [0.1, 0.15) is 17.6 Å². The molecule has 1 aromatic rings. The summed E-state index contributed by atoms with van der Waals surface area (Å²) < 4.78 is 23.1. The van der Waals surface area contributed by atoms with Gasteiger partial charge in [-0.2, -0.15) is 0 Å². The molecular formula is C37H45NO12. The fraction of sp³-hybridized carbons (Fsp3) is 0.486. The molecule has 13 nitrogen and oxygen atoms in total. The molecule has 13 heteroatoms. The highest BCUT2D eigenvalue weighted by Crippen LogP contribution is 2.47. The van der Waals surface area contributed by atoms with Gasteiger partial charge in [-0.15, -0.1) is 0 Å². The Labute approximate surface area is 290 Å². The summed E-state index contributed by atoms with van der Waals surface area (Å²) in [6.07, 6.45) is 4.31. The molecule has 4 aliphatic rings. The van der Waals surface area contributed by atoms with Crippen LogP contribution in [-0.2, 0) is 23.8 Å². The summed E-state index contributed by atoms with van der Waals surface area (Å²) in [5.41, 5.74) is -1.31. The van der Waals surface area contributed by atoms with Crippen molar-refractivity contribution >= 4 is 29.2 Å². The molecule has 0 radical (unpaired) electrons. The number of esters is 1. The third-order valence-electron chi connectivity index (χ3n) is 9.80.